The number of H-pyrrole nitrogens is 1. The van der Waals surface area contributed by atoms with Gasteiger partial charge in [-0.15, -0.1) is 0 Å². The van der Waals surface area contributed by atoms with E-state index in [1.807, 2.05) is 30.3 Å². The molecule has 1 amide bonds. The molecule has 2 aliphatic heterocycles. The number of aromatic nitrogens is 3. The van der Waals surface area contributed by atoms with Crippen molar-refractivity contribution in [1.29, 1.82) is 0 Å². The highest BCUT2D eigenvalue weighted by molar-refractivity contribution is 5.93. The summed E-state index contributed by atoms with van der Waals surface area (Å²) >= 11 is 0. The smallest absolute Gasteiger partial charge is 0.269 e. The van der Waals surface area contributed by atoms with Crippen LogP contribution in [0.4, 0.5) is 0 Å². The molecule has 3 atom stereocenters. The number of amides is 1. The lowest BCUT2D eigenvalue weighted by Gasteiger charge is -2.35. The van der Waals surface area contributed by atoms with Gasteiger partial charge in [0.05, 0.1) is 18.4 Å². The van der Waals surface area contributed by atoms with Crippen LogP contribution in [-0.2, 0) is 4.74 Å². The van der Waals surface area contributed by atoms with Gasteiger partial charge in [0, 0.05) is 43.1 Å². The van der Waals surface area contributed by atoms with Gasteiger partial charge >= 0.3 is 0 Å². The molecule has 5 rings (SSSR count). The zero-order valence-corrected chi connectivity index (χ0v) is 16.0. The van der Waals surface area contributed by atoms with Gasteiger partial charge in [-0.2, -0.15) is 5.10 Å². The lowest BCUT2D eigenvalue weighted by Crippen LogP contribution is -2.43. The van der Waals surface area contributed by atoms with Gasteiger partial charge in [-0.05, 0) is 30.2 Å². The van der Waals surface area contributed by atoms with E-state index in [0.29, 0.717) is 18.3 Å². The van der Waals surface area contributed by atoms with Gasteiger partial charge in [-0.25, -0.2) is 0 Å². The molecule has 2 aliphatic rings. The largest absolute Gasteiger partial charge is 0.371 e. The Balaban J connectivity index is 1.20. The van der Waals surface area contributed by atoms with Gasteiger partial charge < -0.3 is 10.1 Å². The van der Waals surface area contributed by atoms with E-state index in [-0.39, 0.29) is 18.1 Å². The molecule has 7 nitrogen and oxygen atoms in total. The van der Waals surface area contributed by atoms with E-state index in [0.717, 1.165) is 30.8 Å². The van der Waals surface area contributed by atoms with Gasteiger partial charge in [0.2, 0.25) is 0 Å². The highest BCUT2D eigenvalue weighted by Crippen LogP contribution is 2.30. The van der Waals surface area contributed by atoms with Crippen molar-refractivity contribution in [2.75, 3.05) is 19.7 Å². The van der Waals surface area contributed by atoms with Crippen molar-refractivity contribution in [1.82, 2.24) is 25.4 Å². The molecule has 2 N–H and O–H groups in total. The Bertz CT molecular complexity index is 975. The molecule has 0 radical (unpaired) electrons. The fourth-order valence-electron chi connectivity index (χ4n) is 4.22. The minimum atomic E-state index is -0.122. The molecule has 29 heavy (non-hydrogen) atoms. The summed E-state index contributed by atoms with van der Waals surface area (Å²) in [4.78, 5) is 19.1. The zero-order chi connectivity index (χ0) is 19.6. The molecule has 0 aliphatic carbocycles. The molecule has 7 heteroatoms. The van der Waals surface area contributed by atoms with Gasteiger partial charge in [-0.3, -0.25) is 19.8 Å². The zero-order valence-electron chi connectivity index (χ0n) is 16.0. The van der Waals surface area contributed by atoms with E-state index < -0.39 is 0 Å². The fourth-order valence-corrected chi connectivity index (χ4v) is 4.22. The standard InChI is InChI=1S/C22H23N5O2/c28-22(20-11-19(25-26-20)15-6-8-23-9-7-15)24-17-10-18-14-29-21(13-27(18)12-17)16-4-2-1-3-5-16/h1-9,11,17-18,21H,10,12-14H2,(H,24,28)(H,25,26)/t17-,18-,21+/m0/s1. The summed E-state index contributed by atoms with van der Waals surface area (Å²) in [5.74, 6) is -0.122. The number of pyridine rings is 1. The highest BCUT2D eigenvalue weighted by Gasteiger charge is 2.38. The van der Waals surface area contributed by atoms with E-state index in [1.165, 1.54) is 5.56 Å². The third-order valence-corrected chi connectivity index (χ3v) is 5.72. The van der Waals surface area contributed by atoms with Crippen LogP contribution in [0, 0.1) is 0 Å². The SMILES string of the molecule is O=C(N[C@H]1C[C@H]2CO[C@@H](c3ccccc3)CN2C1)c1cc(-c2ccncc2)n[nH]1. The normalized spacial score (nSPS) is 24.2. The van der Waals surface area contributed by atoms with Gasteiger partial charge in [0.15, 0.2) is 0 Å². The molecule has 0 saturated carbocycles. The number of nitrogens with zero attached hydrogens (tertiary/aromatic N) is 3. The molecule has 0 unspecified atom stereocenters. The van der Waals surface area contributed by atoms with E-state index in [4.69, 9.17) is 4.74 Å². The summed E-state index contributed by atoms with van der Waals surface area (Å²) in [6, 6.07) is 16.3. The average molecular weight is 389 g/mol. The first-order valence-electron chi connectivity index (χ1n) is 9.93. The topological polar surface area (TPSA) is 83.1 Å². The number of carbonyl (C=O) groups excluding carboxylic acids is 1. The van der Waals surface area contributed by atoms with Crippen molar-refractivity contribution in [3.63, 3.8) is 0 Å². The first-order chi connectivity index (χ1) is 14.3. The molecule has 0 bridgehead atoms. The minimum Gasteiger partial charge on any atom is -0.371 e. The van der Waals surface area contributed by atoms with E-state index >= 15 is 0 Å². The summed E-state index contributed by atoms with van der Waals surface area (Å²) < 4.78 is 6.09. The number of morpholine rings is 1. The maximum Gasteiger partial charge on any atom is 0.269 e. The van der Waals surface area contributed by atoms with E-state index in [9.17, 15) is 4.79 Å². The number of ether oxygens (including phenoxy) is 1. The Kier molecular flexibility index (Phi) is 4.83. The molecule has 3 aromatic rings. The van der Waals surface area contributed by atoms with Crippen LogP contribution >= 0.6 is 0 Å². The van der Waals surface area contributed by atoms with Gasteiger partial charge in [-0.1, -0.05) is 30.3 Å². The predicted octanol–water partition coefficient (Wildman–Crippen LogP) is 2.42. The molecular formula is C22H23N5O2. The second-order valence-corrected chi connectivity index (χ2v) is 7.65. The number of hydrogen-bond donors (Lipinski definition) is 2. The quantitative estimate of drug-likeness (QED) is 0.716. The summed E-state index contributed by atoms with van der Waals surface area (Å²) in [7, 11) is 0. The third-order valence-electron chi connectivity index (χ3n) is 5.72. The van der Waals surface area contributed by atoms with Crippen LogP contribution in [0.3, 0.4) is 0 Å². The second kappa shape index (κ2) is 7.77. The van der Waals surface area contributed by atoms with Crippen molar-refractivity contribution >= 4 is 5.91 Å². The Labute approximate surface area is 169 Å². The number of fused-ring (bicyclic) bond motifs is 1. The number of carbonyl (C=O) groups is 1. The van der Waals surface area contributed by atoms with Crippen LogP contribution in [0.2, 0.25) is 0 Å². The maximum absolute atomic E-state index is 12.7. The molecular weight excluding hydrogens is 366 g/mol. The Morgan fingerprint density at radius 1 is 1.14 bits per heavy atom. The summed E-state index contributed by atoms with van der Waals surface area (Å²) in [6.07, 6.45) is 4.42. The number of benzene rings is 1. The van der Waals surface area contributed by atoms with Crippen molar-refractivity contribution in [3.8, 4) is 11.3 Å². The molecule has 148 valence electrons. The summed E-state index contributed by atoms with van der Waals surface area (Å²) in [5, 5.41) is 10.3. The van der Waals surface area contributed by atoms with E-state index in [2.05, 4.69) is 37.5 Å². The first kappa shape index (κ1) is 18.0. The van der Waals surface area contributed by atoms with Crippen molar-refractivity contribution in [3.05, 3.63) is 72.2 Å². The molecule has 2 aromatic heterocycles. The van der Waals surface area contributed by atoms with Crippen LogP contribution < -0.4 is 5.32 Å². The lowest BCUT2D eigenvalue weighted by molar-refractivity contribution is -0.0502. The van der Waals surface area contributed by atoms with E-state index in [1.54, 1.807) is 18.5 Å². The summed E-state index contributed by atoms with van der Waals surface area (Å²) in [5.41, 5.74) is 3.34. The first-order valence-corrected chi connectivity index (χ1v) is 9.93. The number of hydrogen-bond acceptors (Lipinski definition) is 5. The Morgan fingerprint density at radius 3 is 2.79 bits per heavy atom. The van der Waals surface area contributed by atoms with Crippen molar-refractivity contribution in [2.45, 2.75) is 24.6 Å². The monoisotopic (exact) mass is 389 g/mol. The molecule has 2 saturated heterocycles. The van der Waals surface area contributed by atoms with Gasteiger partial charge in [0.25, 0.3) is 5.91 Å². The molecule has 1 aromatic carbocycles. The fraction of sp³-hybridized carbons (Fsp3) is 0.318. The highest BCUT2D eigenvalue weighted by atomic mass is 16.5. The third kappa shape index (κ3) is 3.79. The maximum atomic E-state index is 12.7. The average Bonchev–Trinajstić information content (AvgIpc) is 3.41. The van der Waals surface area contributed by atoms with Crippen LogP contribution in [-0.4, -0.2) is 57.8 Å². The molecule has 4 heterocycles. The van der Waals surface area contributed by atoms with Crippen molar-refractivity contribution < 1.29 is 9.53 Å². The Hall–Kier alpha value is -3.03. The van der Waals surface area contributed by atoms with Crippen molar-refractivity contribution in [2.24, 2.45) is 0 Å². The Morgan fingerprint density at radius 2 is 1.97 bits per heavy atom. The van der Waals surface area contributed by atoms with Crippen LogP contribution in [0.15, 0.2) is 60.9 Å². The lowest BCUT2D eigenvalue weighted by atomic mass is 10.1. The predicted molar refractivity (Wildman–Crippen MR) is 108 cm³/mol. The minimum absolute atomic E-state index is 0.0948. The van der Waals surface area contributed by atoms with Gasteiger partial charge in [0.1, 0.15) is 5.69 Å². The summed E-state index contributed by atoms with van der Waals surface area (Å²) in [6.45, 7) is 2.40. The number of nitrogens with one attached hydrogen (secondary N) is 2. The van der Waals surface area contributed by atoms with Crippen LogP contribution in [0.1, 0.15) is 28.6 Å². The van der Waals surface area contributed by atoms with Crippen LogP contribution in [0.25, 0.3) is 11.3 Å². The number of aromatic amines is 1. The van der Waals surface area contributed by atoms with Crippen LogP contribution in [0.5, 0.6) is 0 Å². The molecule has 2 fully saturated rings. The second-order valence-electron chi connectivity index (χ2n) is 7.65. The molecule has 0 spiro atoms. The number of rotatable bonds is 4.